The number of amides is 1. The van der Waals surface area contributed by atoms with Gasteiger partial charge in [-0.25, -0.2) is 0 Å². The van der Waals surface area contributed by atoms with E-state index in [2.05, 4.69) is 43.1 Å². The molecule has 5 heteroatoms. The molecule has 1 amide bonds. The van der Waals surface area contributed by atoms with Crippen molar-refractivity contribution >= 4 is 11.6 Å². The highest BCUT2D eigenvalue weighted by Gasteiger charge is 2.13. The van der Waals surface area contributed by atoms with Crippen molar-refractivity contribution in [2.24, 2.45) is 0 Å². The number of ether oxygens (including phenoxy) is 2. The van der Waals surface area contributed by atoms with Crippen molar-refractivity contribution in [1.82, 2.24) is 5.32 Å². The molecule has 0 saturated carbocycles. The van der Waals surface area contributed by atoms with Gasteiger partial charge in [0, 0.05) is 24.3 Å². The van der Waals surface area contributed by atoms with E-state index in [4.69, 9.17) is 9.47 Å². The molecule has 1 saturated heterocycles. The number of carbonyl (C=O) groups is 1. The van der Waals surface area contributed by atoms with Gasteiger partial charge in [0.15, 0.2) is 0 Å². The van der Waals surface area contributed by atoms with Gasteiger partial charge in [0.05, 0.1) is 19.8 Å². The van der Waals surface area contributed by atoms with Gasteiger partial charge in [0.1, 0.15) is 12.4 Å². The van der Waals surface area contributed by atoms with Crippen LogP contribution in [0, 0.1) is 0 Å². The van der Waals surface area contributed by atoms with Gasteiger partial charge >= 0.3 is 0 Å². The smallest absolute Gasteiger partial charge is 0.251 e. The van der Waals surface area contributed by atoms with Gasteiger partial charge in [0.25, 0.3) is 5.91 Å². The SMILES string of the molecule is CC(C)(C)c1ccc(OCCNC(=O)c2ccc(N3CCOCC3)cc2)cc1. The quantitative estimate of drug-likeness (QED) is 0.775. The summed E-state index contributed by atoms with van der Waals surface area (Å²) in [6.45, 7) is 10.7. The summed E-state index contributed by atoms with van der Waals surface area (Å²) < 4.78 is 11.1. The highest BCUT2D eigenvalue weighted by Crippen LogP contribution is 2.24. The zero-order valence-electron chi connectivity index (χ0n) is 17.0. The Kier molecular flexibility index (Phi) is 6.57. The summed E-state index contributed by atoms with van der Waals surface area (Å²) >= 11 is 0. The zero-order valence-corrected chi connectivity index (χ0v) is 17.0. The molecule has 0 unspecified atom stereocenters. The third-order valence-electron chi connectivity index (χ3n) is 4.88. The van der Waals surface area contributed by atoms with Crippen molar-refractivity contribution < 1.29 is 14.3 Å². The number of morpholine rings is 1. The number of benzene rings is 2. The van der Waals surface area contributed by atoms with Gasteiger partial charge in [0.2, 0.25) is 0 Å². The maximum absolute atomic E-state index is 12.3. The first kappa shape index (κ1) is 20.2. The van der Waals surface area contributed by atoms with Crippen molar-refractivity contribution in [3.05, 3.63) is 59.7 Å². The van der Waals surface area contributed by atoms with E-state index in [0.717, 1.165) is 37.7 Å². The van der Waals surface area contributed by atoms with Gasteiger partial charge in [-0.3, -0.25) is 4.79 Å². The van der Waals surface area contributed by atoms with Crippen LogP contribution in [0.1, 0.15) is 36.7 Å². The van der Waals surface area contributed by atoms with Crippen molar-refractivity contribution in [1.29, 1.82) is 0 Å². The molecule has 28 heavy (non-hydrogen) atoms. The van der Waals surface area contributed by atoms with Crippen LogP contribution in [0.3, 0.4) is 0 Å². The molecule has 1 N–H and O–H groups in total. The Bertz CT molecular complexity index is 758. The lowest BCUT2D eigenvalue weighted by Crippen LogP contribution is -2.36. The Morgan fingerprint density at radius 3 is 2.29 bits per heavy atom. The molecule has 0 spiro atoms. The minimum absolute atomic E-state index is 0.0831. The second-order valence-corrected chi connectivity index (χ2v) is 8.03. The predicted molar refractivity (Wildman–Crippen MR) is 112 cm³/mol. The molecular weight excluding hydrogens is 352 g/mol. The maximum atomic E-state index is 12.3. The highest BCUT2D eigenvalue weighted by atomic mass is 16.5. The van der Waals surface area contributed by atoms with Crippen molar-refractivity contribution in [2.75, 3.05) is 44.4 Å². The van der Waals surface area contributed by atoms with Crippen molar-refractivity contribution in [3.8, 4) is 5.75 Å². The monoisotopic (exact) mass is 382 g/mol. The fraction of sp³-hybridized carbons (Fsp3) is 0.435. The standard InChI is InChI=1S/C23H30N2O3/c1-23(2,3)19-6-10-21(11-7-19)28-15-12-24-22(26)18-4-8-20(9-5-18)25-13-16-27-17-14-25/h4-11H,12-17H2,1-3H3,(H,24,26). The molecule has 0 atom stereocenters. The molecule has 5 nitrogen and oxygen atoms in total. The maximum Gasteiger partial charge on any atom is 0.251 e. The first-order valence-electron chi connectivity index (χ1n) is 9.88. The Morgan fingerprint density at radius 1 is 1.04 bits per heavy atom. The van der Waals surface area contributed by atoms with E-state index in [1.807, 2.05) is 36.4 Å². The van der Waals surface area contributed by atoms with Crippen LogP contribution < -0.4 is 15.0 Å². The molecule has 0 aromatic heterocycles. The van der Waals surface area contributed by atoms with E-state index in [-0.39, 0.29) is 11.3 Å². The lowest BCUT2D eigenvalue weighted by molar-refractivity contribution is 0.0947. The van der Waals surface area contributed by atoms with E-state index in [1.54, 1.807) is 0 Å². The summed E-state index contributed by atoms with van der Waals surface area (Å²) in [5.41, 5.74) is 3.19. The first-order valence-corrected chi connectivity index (χ1v) is 9.88. The molecule has 1 aliphatic rings. The van der Waals surface area contributed by atoms with Crippen LogP contribution in [0.15, 0.2) is 48.5 Å². The summed E-state index contributed by atoms with van der Waals surface area (Å²) in [4.78, 5) is 14.6. The number of hydrogen-bond acceptors (Lipinski definition) is 4. The highest BCUT2D eigenvalue weighted by molar-refractivity contribution is 5.94. The van der Waals surface area contributed by atoms with Crippen LogP contribution in [-0.2, 0) is 10.2 Å². The molecule has 1 fully saturated rings. The summed E-state index contributed by atoms with van der Waals surface area (Å²) in [6.07, 6.45) is 0. The molecule has 1 heterocycles. The van der Waals surface area contributed by atoms with Crippen LogP contribution in [0.25, 0.3) is 0 Å². The number of nitrogens with zero attached hydrogens (tertiary/aromatic N) is 1. The minimum atomic E-state index is -0.0831. The molecule has 0 bridgehead atoms. The number of nitrogens with one attached hydrogen (secondary N) is 1. The topological polar surface area (TPSA) is 50.8 Å². The van der Waals surface area contributed by atoms with Crippen LogP contribution in [-0.4, -0.2) is 45.4 Å². The van der Waals surface area contributed by atoms with Crippen LogP contribution >= 0.6 is 0 Å². The molecule has 3 rings (SSSR count). The predicted octanol–water partition coefficient (Wildman–Crippen LogP) is 3.63. The summed E-state index contributed by atoms with van der Waals surface area (Å²) in [6, 6.07) is 15.9. The molecular formula is C23H30N2O3. The first-order chi connectivity index (χ1) is 13.4. The second-order valence-electron chi connectivity index (χ2n) is 8.03. The van der Waals surface area contributed by atoms with Crippen LogP contribution in [0.4, 0.5) is 5.69 Å². The fourth-order valence-corrected chi connectivity index (χ4v) is 3.13. The number of anilines is 1. The molecule has 0 radical (unpaired) electrons. The van der Waals surface area contributed by atoms with E-state index in [1.165, 1.54) is 5.56 Å². The third-order valence-corrected chi connectivity index (χ3v) is 4.88. The Balaban J connectivity index is 1.42. The van der Waals surface area contributed by atoms with Crippen LogP contribution in [0.2, 0.25) is 0 Å². The number of hydrogen-bond donors (Lipinski definition) is 1. The second kappa shape index (κ2) is 9.11. The Hall–Kier alpha value is -2.53. The van der Waals surface area contributed by atoms with Gasteiger partial charge < -0.3 is 19.7 Å². The summed E-state index contributed by atoms with van der Waals surface area (Å²) in [5.74, 6) is 0.734. The molecule has 1 aliphatic heterocycles. The van der Waals surface area contributed by atoms with E-state index < -0.39 is 0 Å². The average Bonchev–Trinajstić information content (AvgIpc) is 2.71. The van der Waals surface area contributed by atoms with E-state index in [9.17, 15) is 4.79 Å². The lowest BCUT2D eigenvalue weighted by Gasteiger charge is -2.28. The summed E-state index contributed by atoms with van der Waals surface area (Å²) in [7, 11) is 0. The van der Waals surface area contributed by atoms with Crippen molar-refractivity contribution in [2.45, 2.75) is 26.2 Å². The zero-order chi connectivity index (χ0) is 20.0. The lowest BCUT2D eigenvalue weighted by atomic mass is 9.87. The third kappa shape index (κ3) is 5.49. The van der Waals surface area contributed by atoms with Crippen LogP contribution in [0.5, 0.6) is 5.75 Å². The molecule has 2 aromatic rings. The number of rotatable bonds is 6. The van der Waals surface area contributed by atoms with Gasteiger partial charge in [-0.15, -0.1) is 0 Å². The molecule has 0 aliphatic carbocycles. The summed E-state index contributed by atoms with van der Waals surface area (Å²) in [5, 5.41) is 2.91. The molecule has 2 aromatic carbocycles. The largest absolute Gasteiger partial charge is 0.492 e. The number of carbonyl (C=O) groups excluding carboxylic acids is 1. The Labute approximate surface area is 167 Å². The normalized spacial score (nSPS) is 14.6. The van der Waals surface area contributed by atoms with Gasteiger partial charge in [-0.1, -0.05) is 32.9 Å². The molecule has 150 valence electrons. The fourth-order valence-electron chi connectivity index (χ4n) is 3.13. The van der Waals surface area contributed by atoms with Crippen molar-refractivity contribution in [3.63, 3.8) is 0 Å². The van der Waals surface area contributed by atoms with E-state index >= 15 is 0 Å². The minimum Gasteiger partial charge on any atom is -0.492 e. The van der Waals surface area contributed by atoms with Gasteiger partial charge in [-0.2, -0.15) is 0 Å². The Morgan fingerprint density at radius 2 is 1.68 bits per heavy atom. The van der Waals surface area contributed by atoms with E-state index in [0.29, 0.717) is 18.7 Å². The average molecular weight is 383 g/mol. The van der Waals surface area contributed by atoms with Gasteiger partial charge in [-0.05, 0) is 47.4 Å².